The molecule has 1 aromatic heterocycles. The first kappa shape index (κ1) is 15.1. The Bertz CT molecular complexity index is 662. The molecule has 2 atom stereocenters. The van der Waals surface area contributed by atoms with E-state index in [4.69, 9.17) is 23.2 Å². The van der Waals surface area contributed by atoms with Gasteiger partial charge in [0.05, 0.1) is 21.4 Å². The number of hydrogen-bond donors (Lipinski definition) is 0. The number of aromatic nitrogens is 2. The van der Waals surface area contributed by atoms with Crippen LogP contribution in [0.4, 0.5) is 4.39 Å². The average molecular weight is 329 g/mol. The summed E-state index contributed by atoms with van der Waals surface area (Å²) in [6.07, 6.45) is 4.70. The third-order valence-corrected chi connectivity index (χ3v) is 4.74. The van der Waals surface area contributed by atoms with Gasteiger partial charge in [0, 0.05) is 12.1 Å². The Morgan fingerprint density at radius 1 is 1.43 bits per heavy atom. The minimum atomic E-state index is -0.402. The molecule has 21 heavy (non-hydrogen) atoms. The minimum absolute atomic E-state index is 0.108. The molecular weight excluding hydrogens is 310 g/mol. The fraction of sp³-hybridized carbons (Fsp3) is 0.562. The van der Waals surface area contributed by atoms with Gasteiger partial charge in [-0.3, -0.25) is 0 Å². The predicted octanol–water partition coefficient (Wildman–Crippen LogP) is 5.88. The van der Waals surface area contributed by atoms with Crippen LogP contribution >= 0.6 is 23.2 Å². The quantitative estimate of drug-likeness (QED) is 0.626. The second-order valence-corrected chi connectivity index (χ2v) is 7.01. The lowest BCUT2D eigenvalue weighted by Gasteiger charge is -2.21. The molecule has 5 heteroatoms. The van der Waals surface area contributed by atoms with Crippen molar-refractivity contribution in [3.8, 4) is 0 Å². The van der Waals surface area contributed by atoms with Crippen LogP contribution in [0, 0.1) is 11.7 Å². The average Bonchev–Trinajstić information content (AvgIpc) is 3.18. The zero-order chi connectivity index (χ0) is 15.1. The molecule has 0 aliphatic heterocycles. The topological polar surface area (TPSA) is 17.8 Å². The predicted molar refractivity (Wildman–Crippen MR) is 85.6 cm³/mol. The summed E-state index contributed by atoms with van der Waals surface area (Å²) in [4.78, 5) is 4.59. The van der Waals surface area contributed by atoms with Crippen molar-refractivity contribution in [2.45, 2.75) is 50.9 Å². The van der Waals surface area contributed by atoms with Crippen LogP contribution in [-0.2, 0) is 0 Å². The van der Waals surface area contributed by atoms with Gasteiger partial charge in [0.25, 0.3) is 0 Å². The molecule has 0 radical (unpaired) electrons. The minimum Gasteiger partial charge on any atom is -0.324 e. The van der Waals surface area contributed by atoms with E-state index in [1.165, 1.54) is 18.9 Å². The molecule has 2 unspecified atom stereocenters. The van der Waals surface area contributed by atoms with E-state index in [0.717, 1.165) is 35.6 Å². The summed E-state index contributed by atoms with van der Waals surface area (Å²) in [7, 11) is 0. The number of benzene rings is 1. The number of hydrogen-bond acceptors (Lipinski definition) is 1. The molecule has 1 heterocycles. The van der Waals surface area contributed by atoms with Crippen LogP contribution in [0.25, 0.3) is 11.0 Å². The number of halogens is 3. The number of nitrogens with zero attached hydrogens (tertiary/aromatic N) is 2. The van der Waals surface area contributed by atoms with Crippen LogP contribution < -0.4 is 0 Å². The maximum Gasteiger partial charge on any atom is 0.144 e. The Morgan fingerprint density at radius 2 is 2.14 bits per heavy atom. The number of alkyl halides is 1. The lowest BCUT2D eigenvalue weighted by atomic mass is 10.1. The maximum atomic E-state index is 13.9. The van der Waals surface area contributed by atoms with E-state index in [2.05, 4.69) is 16.5 Å². The van der Waals surface area contributed by atoms with Gasteiger partial charge in [-0.25, -0.2) is 9.37 Å². The third kappa shape index (κ3) is 2.91. The summed E-state index contributed by atoms with van der Waals surface area (Å²) in [6.45, 7) is 4.06. The smallest absolute Gasteiger partial charge is 0.144 e. The van der Waals surface area contributed by atoms with Crippen molar-refractivity contribution in [1.82, 2.24) is 9.55 Å². The van der Waals surface area contributed by atoms with Crippen LogP contribution in [0.5, 0.6) is 0 Å². The van der Waals surface area contributed by atoms with E-state index >= 15 is 0 Å². The highest BCUT2D eigenvalue weighted by Gasteiger charge is 2.28. The molecule has 1 aliphatic rings. The van der Waals surface area contributed by atoms with Gasteiger partial charge in [-0.1, -0.05) is 31.4 Å². The third-order valence-electron chi connectivity index (χ3n) is 4.25. The fourth-order valence-electron chi connectivity index (χ4n) is 2.97. The van der Waals surface area contributed by atoms with Gasteiger partial charge in [-0.15, -0.1) is 11.6 Å². The zero-order valence-corrected chi connectivity index (χ0v) is 13.8. The van der Waals surface area contributed by atoms with Gasteiger partial charge in [0.1, 0.15) is 11.6 Å². The molecule has 1 aromatic carbocycles. The number of fused-ring (bicyclic) bond motifs is 1. The molecule has 0 amide bonds. The van der Waals surface area contributed by atoms with Crippen molar-refractivity contribution >= 4 is 34.2 Å². The molecule has 0 bridgehead atoms. The summed E-state index contributed by atoms with van der Waals surface area (Å²) in [5, 5.41) is -0.108. The largest absolute Gasteiger partial charge is 0.324 e. The highest BCUT2D eigenvalue weighted by Crippen LogP contribution is 2.40. The molecule has 3 rings (SSSR count). The SMILES string of the molecule is CCC(CC1CC1)n1c(C(C)Cl)nc2cc(Cl)c(F)cc21. The van der Waals surface area contributed by atoms with E-state index in [-0.39, 0.29) is 10.4 Å². The van der Waals surface area contributed by atoms with Gasteiger partial charge in [-0.2, -0.15) is 0 Å². The first-order chi connectivity index (χ1) is 10.0. The molecule has 2 aromatic rings. The molecule has 0 spiro atoms. The van der Waals surface area contributed by atoms with E-state index < -0.39 is 5.82 Å². The van der Waals surface area contributed by atoms with Gasteiger partial charge in [-0.05, 0) is 31.7 Å². The van der Waals surface area contributed by atoms with Crippen LogP contribution in [0.15, 0.2) is 12.1 Å². The number of imidazole rings is 1. The Kier molecular flexibility index (Phi) is 4.15. The first-order valence-electron chi connectivity index (χ1n) is 7.52. The van der Waals surface area contributed by atoms with Crippen LogP contribution in [0.3, 0.4) is 0 Å². The second-order valence-electron chi connectivity index (χ2n) is 5.95. The van der Waals surface area contributed by atoms with Crippen LogP contribution in [0.2, 0.25) is 5.02 Å². The summed E-state index contributed by atoms with van der Waals surface area (Å²) in [5.74, 6) is 1.20. The molecule has 2 nitrogen and oxygen atoms in total. The van der Waals surface area contributed by atoms with Crippen molar-refractivity contribution in [3.63, 3.8) is 0 Å². The molecule has 114 valence electrons. The molecule has 1 fully saturated rings. The second kappa shape index (κ2) is 5.77. The molecular formula is C16H19Cl2FN2. The van der Waals surface area contributed by atoms with Gasteiger partial charge < -0.3 is 4.57 Å². The van der Waals surface area contributed by atoms with Crippen LogP contribution in [-0.4, -0.2) is 9.55 Å². The zero-order valence-electron chi connectivity index (χ0n) is 12.2. The summed E-state index contributed by atoms with van der Waals surface area (Å²) in [6, 6.07) is 3.40. The molecule has 1 saturated carbocycles. The van der Waals surface area contributed by atoms with E-state index in [1.807, 2.05) is 6.92 Å². The van der Waals surface area contributed by atoms with Crippen molar-refractivity contribution in [3.05, 3.63) is 28.8 Å². The summed E-state index contributed by atoms with van der Waals surface area (Å²) < 4.78 is 16.0. The van der Waals surface area contributed by atoms with E-state index in [1.54, 1.807) is 6.07 Å². The van der Waals surface area contributed by atoms with E-state index in [0.29, 0.717) is 6.04 Å². The Balaban J connectivity index is 2.16. The maximum absolute atomic E-state index is 13.9. The van der Waals surface area contributed by atoms with Crippen LogP contribution in [0.1, 0.15) is 56.8 Å². The van der Waals surface area contributed by atoms with Gasteiger partial charge in [0.2, 0.25) is 0 Å². The monoisotopic (exact) mass is 328 g/mol. The normalized spacial score (nSPS) is 18.1. The van der Waals surface area contributed by atoms with Gasteiger partial charge >= 0.3 is 0 Å². The Labute approximate surface area is 134 Å². The Morgan fingerprint density at radius 3 is 2.71 bits per heavy atom. The first-order valence-corrected chi connectivity index (χ1v) is 8.33. The molecule has 0 N–H and O–H groups in total. The summed E-state index contributed by atoms with van der Waals surface area (Å²) in [5.41, 5.74) is 1.52. The molecule has 1 aliphatic carbocycles. The standard InChI is InChI=1S/C16H19Cl2FN2/c1-3-11(6-10-4-5-10)21-15-8-13(19)12(18)7-14(15)20-16(21)9(2)17/h7-11H,3-6H2,1-2H3. The molecule has 0 saturated heterocycles. The lowest BCUT2D eigenvalue weighted by Crippen LogP contribution is -2.13. The fourth-order valence-corrected chi connectivity index (χ4v) is 3.28. The highest BCUT2D eigenvalue weighted by molar-refractivity contribution is 6.31. The van der Waals surface area contributed by atoms with Crippen molar-refractivity contribution < 1.29 is 4.39 Å². The number of rotatable bonds is 5. The lowest BCUT2D eigenvalue weighted by molar-refractivity contribution is 0.425. The van der Waals surface area contributed by atoms with Crippen molar-refractivity contribution in [2.24, 2.45) is 5.92 Å². The van der Waals surface area contributed by atoms with Gasteiger partial charge in [0.15, 0.2) is 0 Å². The summed E-state index contributed by atoms with van der Waals surface area (Å²) >= 11 is 12.2. The highest BCUT2D eigenvalue weighted by atomic mass is 35.5. The Hall–Kier alpha value is -0.800. The van der Waals surface area contributed by atoms with Crippen molar-refractivity contribution in [2.75, 3.05) is 0 Å². The van der Waals surface area contributed by atoms with Crippen molar-refractivity contribution in [1.29, 1.82) is 0 Å². The van der Waals surface area contributed by atoms with E-state index in [9.17, 15) is 4.39 Å².